The first-order chi connectivity index (χ1) is 10.4. The Kier molecular flexibility index (Phi) is 4.72. The number of nitro benzene ring substituents is 1. The summed E-state index contributed by atoms with van der Waals surface area (Å²) in [6.45, 7) is 0.108. The number of halogens is 2. The highest BCUT2D eigenvalue weighted by atomic mass is 35.5. The van der Waals surface area contributed by atoms with Crippen molar-refractivity contribution in [1.29, 1.82) is 0 Å². The molecule has 5 nitrogen and oxygen atoms in total. The summed E-state index contributed by atoms with van der Waals surface area (Å²) >= 11 is 6.01. The van der Waals surface area contributed by atoms with Crippen molar-refractivity contribution in [2.24, 2.45) is 0 Å². The van der Waals surface area contributed by atoms with Crippen LogP contribution in [0.15, 0.2) is 42.5 Å². The number of benzene rings is 2. The summed E-state index contributed by atoms with van der Waals surface area (Å²) in [4.78, 5) is 23.8. The second-order valence-electron chi connectivity index (χ2n) is 4.70. The number of amides is 1. The zero-order valence-electron chi connectivity index (χ0n) is 11.6. The first-order valence-electron chi connectivity index (χ1n) is 6.32. The van der Waals surface area contributed by atoms with Gasteiger partial charge in [-0.1, -0.05) is 11.6 Å². The predicted molar refractivity (Wildman–Crippen MR) is 80.3 cm³/mol. The van der Waals surface area contributed by atoms with Gasteiger partial charge in [0.2, 0.25) is 0 Å². The topological polar surface area (TPSA) is 63.4 Å². The van der Waals surface area contributed by atoms with Crippen molar-refractivity contribution in [3.8, 4) is 0 Å². The standard InChI is InChI=1S/C15H12ClFN2O3/c1-18(15(20)10-2-4-12(17)5-3-10)9-11-8-13(19(21)22)6-7-14(11)16/h2-8H,9H2,1H3. The second kappa shape index (κ2) is 6.53. The lowest BCUT2D eigenvalue weighted by Crippen LogP contribution is -2.26. The molecule has 0 saturated carbocycles. The van der Waals surface area contributed by atoms with Crippen LogP contribution in [-0.4, -0.2) is 22.8 Å². The number of rotatable bonds is 4. The van der Waals surface area contributed by atoms with Crippen molar-refractivity contribution < 1.29 is 14.1 Å². The van der Waals surface area contributed by atoms with Crippen molar-refractivity contribution in [2.45, 2.75) is 6.54 Å². The number of carbonyl (C=O) groups is 1. The average Bonchev–Trinajstić information content (AvgIpc) is 2.49. The Labute approximate surface area is 131 Å². The highest BCUT2D eigenvalue weighted by Crippen LogP contribution is 2.23. The summed E-state index contributed by atoms with van der Waals surface area (Å²) in [7, 11) is 1.54. The maximum absolute atomic E-state index is 12.9. The number of non-ortho nitro benzene ring substituents is 1. The van der Waals surface area contributed by atoms with Gasteiger partial charge in [-0.15, -0.1) is 0 Å². The Bertz CT molecular complexity index is 719. The van der Waals surface area contributed by atoms with Crippen molar-refractivity contribution in [3.05, 3.63) is 74.5 Å². The van der Waals surface area contributed by atoms with Gasteiger partial charge in [0.1, 0.15) is 5.82 Å². The minimum Gasteiger partial charge on any atom is -0.337 e. The smallest absolute Gasteiger partial charge is 0.269 e. The number of hydrogen-bond acceptors (Lipinski definition) is 3. The van der Waals surface area contributed by atoms with Gasteiger partial charge < -0.3 is 4.90 Å². The van der Waals surface area contributed by atoms with Gasteiger partial charge in [0.05, 0.1) is 4.92 Å². The normalized spacial score (nSPS) is 10.3. The number of nitrogens with zero attached hydrogens (tertiary/aromatic N) is 2. The molecule has 22 heavy (non-hydrogen) atoms. The Morgan fingerprint density at radius 3 is 2.50 bits per heavy atom. The lowest BCUT2D eigenvalue weighted by Gasteiger charge is -2.18. The largest absolute Gasteiger partial charge is 0.337 e. The van der Waals surface area contributed by atoms with E-state index in [-0.39, 0.29) is 18.1 Å². The Morgan fingerprint density at radius 1 is 1.27 bits per heavy atom. The van der Waals surface area contributed by atoms with E-state index in [2.05, 4.69) is 0 Å². The first kappa shape index (κ1) is 15.9. The molecule has 0 bridgehead atoms. The molecule has 0 heterocycles. The molecule has 0 radical (unpaired) electrons. The molecule has 2 aromatic carbocycles. The predicted octanol–water partition coefficient (Wildman–Crippen LogP) is 3.66. The van der Waals surface area contributed by atoms with Gasteiger partial charge in [-0.3, -0.25) is 14.9 Å². The molecule has 0 aliphatic heterocycles. The zero-order chi connectivity index (χ0) is 16.3. The van der Waals surface area contributed by atoms with E-state index in [9.17, 15) is 19.3 Å². The third-order valence-corrected chi connectivity index (χ3v) is 3.45. The number of carbonyl (C=O) groups excluding carboxylic acids is 1. The van der Waals surface area contributed by atoms with Gasteiger partial charge in [-0.05, 0) is 35.9 Å². The molecule has 2 rings (SSSR count). The molecule has 2 aromatic rings. The van der Waals surface area contributed by atoms with Crippen molar-refractivity contribution in [2.75, 3.05) is 7.05 Å². The zero-order valence-corrected chi connectivity index (χ0v) is 12.4. The Balaban J connectivity index is 2.19. The van der Waals surface area contributed by atoms with E-state index in [0.717, 1.165) is 0 Å². The molecule has 0 saturated heterocycles. The number of hydrogen-bond donors (Lipinski definition) is 0. The molecule has 0 spiro atoms. The van der Waals surface area contributed by atoms with Crippen LogP contribution in [0.25, 0.3) is 0 Å². The van der Waals surface area contributed by atoms with E-state index in [1.165, 1.54) is 47.4 Å². The molecule has 0 aliphatic carbocycles. The van der Waals surface area contributed by atoms with Gasteiger partial charge in [-0.25, -0.2) is 4.39 Å². The van der Waals surface area contributed by atoms with Crippen LogP contribution in [-0.2, 0) is 6.54 Å². The fourth-order valence-electron chi connectivity index (χ4n) is 1.94. The Morgan fingerprint density at radius 2 is 1.91 bits per heavy atom. The van der Waals surface area contributed by atoms with Crippen LogP contribution in [0.5, 0.6) is 0 Å². The van der Waals surface area contributed by atoms with Crippen molar-refractivity contribution in [1.82, 2.24) is 4.90 Å². The SMILES string of the molecule is CN(Cc1cc([N+](=O)[O-])ccc1Cl)C(=O)c1ccc(F)cc1. The van der Waals surface area contributed by atoms with E-state index in [1.54, 1.807) is 7.05 Å². The highest BCUT2D eigenvalue weighted by Gasteiger charge is 2.16. The van der Waals surface area contributed by atoms with E-state index in [4.69, 9.17) is 11.6 Å². The van der Waals surface area contributed by atoms with Crippen LogP contribution in [0.3, 0.4) is 0 Å². The van der Waals surface area contributed by atoms with E-state index >= 15 is 0 Å². The van der Waals surface area contributed by atoms with Crippen LogP contribution in [0.1, 0.15) is 15.9 Å². The summed E-state index contributed by atoms with van der Waals surface area (Å²) in [5, 5.41) is 11.1. The minimum atomic E-state index is -0.526. The number of nitro groups is 1. The lowest BCUT2D eigenvalue weighted by molar-refractivity contribution is -0.384. The summed E-state index contributed by atoms with van der Waals surface area (Å²) in [5.74, 6) is -0.761. The summed E-state index contributed by atoms with van der Waals surface area (Å²) in [6.07, 6.45) is 0. The fraction of sp³-hybridized carbons (Fsp3) is 0.133. The van der Waals surface area contributed by atoms with Crippen LogP contribution >= 0.6 is 11.6 Å². The second-order valence-corrected chi connectivity index (χ2v) is 5.11. The van der Waals surface area contributed by atoms with Gasteiger partial charge >= 0.3 is 0 Å². The molecule has 0 unspecified atom stereocenters. The molecule has 0 fully saturated rings. The molecule has 7 heteroatoms. The van der Waals surface area contributed by atoms with E-state index < -0.39 is 10.7 Å². The maximum atomic E-state index is 12.9. The van der Waals surface area contributed by atoms with Gasteiger partial charge in [0.15, 0.2) is 0 Å². The third-order valence-electron chi connectivity index (χ3n) is 3.09. The first-order valence-corrected chi connectivity index (χ1v) is 6.70. The van der Waals surface area contributed by atoms with Crippen molar-refractivity contribution in [3.63, 3.8) is 0 Å². The summed E-state index contributed by atoms with van der Waals surface area (Å²) in [5.41, 5.74) is 0.696. The van der Waals surface area contributed by atoms with E-state index in [1.807, 2.05) is 0 Å². The lowest BCUT2D eigenvalue weighted by atomic mass is 10.1. The summed E-state index contributed by atoms with van der Waals surface area (Å²) in [6, 6.07) is 9.20. The van der Waals surface area contributed by atoms with Gasteiger partial charge in [-0.2, -0.15) is 0 Å². The molecule has 0 N–H and O–H groups in total. The average molecular weight is 323 g/mol. The summed E-state index contributed by atoms with van der Waals surface area (Å²) < 4.78 is 12.9. The maximum Gasteiger partial charge on any atom is 0.269 e. The molecule has 1 amide bonds. The third kappa shape index (κ3) is 3.59. The molecule has 0 aromatic heterocycles. The molecular weight excluding hydrogens is 311 g/mol. The van der Waals surface area contributed by atoms with Crippen LogP contribution in [0.4, 0.5) is 10.1 Å². The fourth-order valence-corrected chi connectivity index (χ4v) is 2.11. The molecular formula is C15H12ClFN2O3. The Hall–Kier alpha value is -2.47. The van der Waals surface area contributed by atoms with Crippen LogP contribution in [0.2, 0.25) is 5.02 Å². The monoisotopic (exact) mass is 322 g/mol. The molecule has 114 valence electrons. The highest BCUT2D eigenvalue weighted by molar-refractivity contribution is 6.31. The molecule has 0 atom stereocenters. The van der Waals surface area contributed by atoms with Gasteiger partial charge in [0.25, 0.3) is 11.6 Å². The van der Waals surface area contributed by atoms with Crippen LogP contribution in [0, 0.1) is 15.9 Å². The van der Waals surface area contributed by atoms with Crippen LogP contribution < -0.4 is 0 Å². The molecule has 0 aliphatic rings. The van der Waals surface area contributed by atoms with Gasteiger partial charge in [0, 0.05) is 36.3 Å². The quantitative estimate of drug-likeness (QED) is 0.637. The van der Waals surface area contributed by atoms with Crippen molar-refractivity contribution >= 4 is 23.2 Å². The van der Waals surface area contributed by atoms with E-state index in [0.29, 0.717) is 16.1 Å². The minimum absolute atomic E-state index is 0.0953.